The van der Waals surface area contributed by atoms with E-state index in [9.17, 15) is 4.79 Å². The van der Waals surface area contributed by atoms with Crippen LogP contribution in [0.15, 0.2) is 29.8 Å². The van der Waals surface area contributed by atoms with Crippen molar-refractivity contribution in [3.63, 3.8) is 0 Å². The lowest BCUT2D eigenvalue weighted by Crippen LogP contribution is -2.18. The SMILES string of the molecule is C#CCn1c(=NC(=O)Cn2cncn2)sc2cc3c(cc21)OCO3. The number of thiazole rings is 1. The van der Waals surface area contributed by atoms with Crippen LogP contribution in [0.4, 0.5) is 0 Å². The number of hydrogen-bond acceptors (Lipinski definition) is 6. The van der Waals surface area contributed by atoms with Crippen LogP contribution in [0.25, 0.3) is 10.2 Å². The monoisotopic (exact) mass is 341 g/mol. The second-order valence-corrected chi connectivity index (χ2v) is 5.96. The van der Waals surface area contributed by atoms with E-state index in [-0.39, 0.29) is 19.2 Å². The molecule has 2 aromatic heterocycles. The number of hydrogen-bond donors (Lipinski definition) is 0. The van der Waals surface area contributed by atoms with Gasteiger partial charge in [0.15, 0.2) is 16.3 Å². The van der Waals surface area contributed by atoms with Gasteiger partial charge in [-0.1, -0.05) is 17.3 Å². The summed E-state index contributed by atoms with van der Waals surface area (Å²) in [5, 5.41) is 3.90. The van der Waals surface area contributed by atoms with E-state index in [4.69, 9.17) is 15.9 Å². The van der Waals surface area contributed by atoms with E-state index in [0.29, 0.717) is 22.8 Å². The van der Waals surface area contributed by atoms with E-state index >= 15 is 0 Å². The molecule has 0 saturated heterocycles. The minimum atomic E-state index is -0.335. The predicted molar refractivity (Wildman–Crippen MR) is 85.4 cm³/mol. The summed E-state index contributed by atoms with van der Waals surface area (Å²) in [5.74, 6) is 3.59. The third kappa shape index (κ3) is 2.53. The minimum absolute atomic E-state index is 0.0209. The summed E-state index contributed by atoms with van der Waals surface area (Å²) < 4.78 is 14.9. The number of carbonyl (C=O) groups excluding carboxylic acids is 1. The van der Waals surface area contributed by atoms with Crippen LogP contribution in [-0.4, -0.2) is 32.0 Å². The first-order valence-corrected chi connectivity index (χ1v) is 7.82. The first-order chi connectivity index (χ1) is 11.7. The van der Waals surface area contributed by atoms with Gasteiger partial charge in [0.05, 0.1) is 16.8 Å². The van der Waals surface area contributed by atoms with Gasteiger partial charge in [0.2, 0.25) is 6.79 Å². The zero-order valence-electron chi connectivity index (χ0n) is 12.4. The van der Waals surface area contributed by atoms with E-state index in [2.05, 4.69) is 21.0 Å². The van der Waals surface area contributed by atoms with Crippen molar-refractivity contribution in [1.29, 1.82) is 0 Å². The molecule has 1 aliphatic rings. The Kier molecular flexibility index (Phi) is 3.51. The molecule has 1 amide bonds. The van der Waals surface area contributed by atoms with Crippen LogP contribution in [0.1, 0.15) is 0 Å². The summed E-state index contributed by atoms with van der Waals surface area (Å²) >= 11 is 1.37. The predicted octanol–water partition coefficient (Wildman–Crippen LogP) is 0.784. The van der Waals surface area contributed by atoms with Crippen molar-refractivity contribution in [3.05, 3.63) is 29.6 Å². The summed E-state index contributed by atoms with van der Waals surface area (Å²) in [6.07, 6.45) is 8.29. The topological polar surface area (TPSA) is 83.5 Å². The number of ether oxygens (including phenoxy) is 2. The third-order valence-corrected chi connectivity index (χ3v) is 4.45. The van der Waals surface area contributed by atoms with Gasteiger partial charge in [-0.15, -0.1) is 6.42 Å². The van der Waals surface area contributed by atoms with Gasteiger partial charge in [0.1, 0.15) is 19.2 Å². The molecule has 1 aliphatic heterocycles. The van der Waals surface area contributed by atoms with Gasteiger partial charge in [0.25, 0.3) is 5.91 Å². The molecule has 3 heterocycles. The molecular formula is C15H11N5O3S. The lowest BCUT2D eigenvalue weighted by Gasteiger charge is -2.01. The van der Waals surface area contributed by atoms with Gasteiger partial charge < -0.3 is 14.0 Å². The Hall–Kier alpha value is -3.12. The molecule has 3 aromatic rings. The second-order valence-electron chi connectivity index (χ2n) is 4.95. The maximum absolute atomic E-state index is 12.2. The van der Waals surface area contributed by atoms with Crippen molar-refractivity contribution in [2.24, 2.45) is 4.99 Å². The fourth-order valence-corrected chi connectivity index (χ4v) is 3.44. The number of nitrogens with zero attached hydrogens (tertiary/aromatic N) is 5. The molecule has 0 N–H and O–H groups in total. The van der Waals surface area contributed by atoms with Crippen LogP contribution in [0.2, 0.25) is 0 Å². The lowest BCUT2D eigenvalue weighted by atomic mass is 10.3. The van der Waals surface area contributed by atoms with E-state index in [0.717, 1.165) is 10.2 Å². The fraction of sp³-hybridized carbons (Fsp3) is 0.200. The van der Waals surface area contributed by atoms with Crippen molar-refractivity contribution in [3.8, 4) is 23.8 Å². The molecule has 1 aromatic carbocycles. The van der Waals surface area contributed by atoms with E-state index in [1.165, 1.54) is 28.7 Å². The number of carbonyl (C=O) groups is 1. The molecule has 4 rings (SSSR count). The molecule has 8 nitrogen and oxygen atoms in total. The number of rotatable bonds is 3. The van der Waals surface area contributed by atoms with Crippen molar-refractivity contribution >= 4 is 27.5 Å². The number of amides is 1. The van der Waals surface area contributed by atoms with Crippen molar-refractivity contribution in [1.82, 2.24) is 19.3 Å². The van der Waals surface area contributed by atoms with Gasteiger partial charge in [-0.25, -0.2) is 9.67 Å². The van der Waals surface area contributed by atoms with Crippen LogP contribution in [0.3, 0.4) is 0 Å². The van der Waals surface area contributed by atoms with E-state index < -0.39 is 0 Å². The standard InChI is InChI=1S/C15H11N5O3S/c1-2-3-20-10-4-11-12(23-9-22-11)5-13(10)24-15(20)18-14(21)6-19-8-16-7-17-19/h1,4-5,7-8H,3,6,9H2. The molecule has 24 heavy (non-hydrogen) atoms. The Bertz CT molecular complexity index is 1030. The molecule has 0 unspecified atom stereocenters. The Labute approximate surface area is 140 Å². The fourth-order valence-electron chi connectivity index (χ4n) is 2.38. The maximum atomic E-state index is 12.2. The summed E-state index contributed by atoms with van der Waals surface area (Å²) in [7, 11) is 0. The Balaban J connectivity index is 1.79. The second kappa shape index (κ2) is 5.82. The van der Waals surface area contributed by atoms with Crippen LogP contribution in [0, 0.1) is 12.3 Å². The van der Waals surface area contributed by atoms with Crippen molar-refractivity contribution < 1.29 is 14.3 Å². The molecule has 0 bridgehead atoms. The van der Waals surface area contributed by atoms with Crippen LogP contribution in [-0.2, 0) is 17.9 Å². The Morgan fingerprint density at radius 1 is 1.42 bits per heavy atom. The first kappa shape index (κ1) is 14.5. The average Bonchev–Trinajstić information content (AvgIpc) is 3.27. The third-order valence-electron chi connectivity index (χ3n) is 3.41. The minimum Gasteiger partial charge on any atom is -0.454 e. The summed E-state index contributed by atoms with van der Waals surface area (Å²) in [6.45, 7) is 0.525. The molecule has 9 heteroatoms. The van der Waals surface area contributed by atoms with Crippen molar-refractivity contribution in [2.45, 2.75) is 13.1 Å². The summed E-state index contributed by atoms with van der Waals surface area (Å²) in [5.41, 5.74) is 0.856. The van der Waals surface area contributed by atoms with Gasteiger partial charge >= 0.3 is 0 Å². The van der Waals surface area contributed by atoms with Gasteiger partial charge in [-0.2, -0.15) is 10.1 Å². The molecule has 0 fully saturated rings. The number of aromatic nitrogens is 4. The largest absolute Gasteiger partial charge is 0.454 e. The molecule has 0 atom stereocenters. The maximum Gasteiger partial charge on any atom is 0.270 e. The highest BCUT2D eigenvalue weighted by Crippen LogP contribution is 2.36. The average molecular weight is 341 g/mol. The Morgan fingerprint density at radius 3 is 3.00 bits per heavy atom. The van der Waals surface area contributed by atoms with E-state index in [1.54, 1.807) is 4.57 Å². The molecule has 120 valence electrons. The number of benzene rings is 1. The van der Waals surface area contributed by atoms with Crippen LogP contribution >= 0.6 is 11.3 Å². The zero-order chi connectivity index (χ0) is 16.5. The zero-order valence-corrected chi connectivity index (χ0v) is 13.2. The van der Waals surface area contributed by atoms with Gasteiger partial charge in [-0.05, 0) is 0 Å². The number of terminal acetylenes is 1. The normalized spacial score (nSPS) is 13.4. The van der Waals surface area contributed by atoms with Gasteiger partial charge in [-0.3, -0.25) is 4.79 Å². The molecular weight excluding hydrogens is 330 g/mol. The molecule has 0 radical (unpaired) electrons. The van der Waals surface area contributed by atoms with E-state index in [1.807, 2.05) is 12.1 Å². The smallest absolute Gasteiger partial charge is 0.270 e. The highest BCUT2D eigenvalue weighted by atomic mass is 32.1. The number of fused-ring (bicyclic) bond motifs is 2. The van der Waals surface area contributed by atoms with Crippen LogP contribution < -0.4 is 14.3 Å². The highest BCUT2D eigenvalue weighted by Gasteiger charge is 2.17. The summed E-state index contributed by atoms with van der Waals surface area (Å²) in [4.78, 5) is 20.6. The molecule has 0 spiro atoms. The van der Waals surface area contributed by atoms with Crippen LogP contribution in [0.5, 0.6) is 11.5 Å². The first-order valence-electron chi connectivity index (χ1n) is 7.01. The Morgan fingerprint density at radius 2 is 2.25 bits per heavy atom. The van der Waals surface area contributed by atoms with Gasteiger partial charge in [0, 0.05) is 12.1 Å². The summed E-state index contributed by atoms with van der Waals surface area (Å²) in [6, 6.07) is 3.72. The quantitative estimate of drug-likeness (QED) is 0.658. The van der Waals surface area contributed by atoms with Crippen molar-refractivity contribution in [2.75, 3.05) is 6.79 Å². The molecule has 0 aliphatic carbocycles. The molecule has 0 saturated carbocycles. The lowest BCUT2D eigenvalue weighted by molar-refractivity contribution is -0.118. The highest BCUT2D eigenvalue weighted by molar-refractivity contribution is 7.16.